The number of nitrogens with one attached hydrogen (secondary N) is 2. The molecular weight excluding hydrogens is 456 g/mol. The second-order valence-corrected chi connectivity index (χ2v) is 9.78. The molecule has 0 spiro atoms. The zero-order valence-electron chi connectivity index (χ0n) is 16.5. The lowest BCUT2D eigenvalue weighted by atomic mass is 9.88. The van der Waals surface area contributed by atoms with Gasteiger partial charge in [0.05, 0.1) is 12.8 Å². The molecule has 156 valence electrons. The lowest BCUT2D eigenvalue weighted by Gasteiger charge is -2.21. The summed E-state index contributed by atoms with van der Waals surface area (Å²) in [5.74, 6) is 0.122. The molecule has 3 rings (SSSR count). The highest BCUT2D eigenvalue weighted by Gasteiger charge is 2.24. The first-order chi connectivity index (χ1) is 13.8. The first-order valence-corrected chi connectivity index (χ1v) is 11.9. The molecule has 1 saturated carbocycles. The van der Waals surface area contributed by atoms with E-state index in [-0.39, 0.29) is 22.5 Å². The maximum Gasteiger partial charge on any atom is 0.265 e. The third-order valence-corrected chi connectivity index (χ3v) is 7.14. The molecule has 0 aliphatic heterocycles. The van der Waals surface area contributed by atoms with E-state index in [9.17, 15) is 13.2 Å². The number of aryl methyl sites for hydroxylation is 1. The molecule has 0 unspecified atom stereocenters. The van der Waals surface area contributed by atoms with Crippen molar-refractivity contribution in [3.05, 3.63) is 46.4 Å². The summed E-state index contributed by atoms with van der Waals surface area (Å²) in [6.07, 6.45) is 5.01. The van der Waals surface area contributed by atoms with Crippen LogP contribution >= 0.6 is 15.9 Å². The molecule has 29 heavy (non-hydrogen) atoms. The van der Waals surface area contributed by atoms with E-state index < -0.39 is 10.0 Å². The van der Waals surface area contributed by atoms with Gasteiger partial charge >= 0.3 is 0 Å². The molecule has 0 bridgehead atoms. The van der Waals surface area contributed by atoms with Crippen molar-refractivity contribution in [2.24, 2.45) is 5.92 Å². The molecule has 6 nitrogen and oxygen atoms in total. The average Bonchev–Trinajstić information content (AvgIpc) is 2.71. The number of amides is 1. The Bertz CT molecular complexity index is 1000. The van der Waals surface area contributed by atoms with Crippen molar-refractivity contribution in [2.45, 2.75) is 43.9 Å². The van der Waals surface area contributed by atoms with Crippen LogP contribution in [0.15, 0.2) is 45.8 Å². The van der Waals surface area contributed by atoms with Gasteiger partial charge in [0.15, 0.2) is 0 Å². The Balaban J connectivity index is 1.87. The van der Waals surface area contributed by atoms with E-state index in [1.54, 1.807) is 24.3 Å². The molecule has 0 heterocycles. The Kier molecular flexibility index (Phi) is 6.85. The van der Waals surface area contributed by atoms with Gasteiger partial charge in [0.25, 0.3) is 10.0 Å². The van der Waals surface area contributed by atoms with Gasteiger partial charge in [-0.25, -0.2) is 8.42 Å². The zero-order chi connectivity index (χ0) is 21.0. The molecule has 0 radical (unpaired) electrons. The number of halogens is 1. The van der Waals surface area contributed by atoms with Crippen LogP contribution in [0.4, 0.5) is 11.4 Å². The minimum atomic E-state index is -3.93. The van der Waals surface area contributed by atoms with Crippen molar-refractivity contribution in [3.8, 4) is 5.75 Å². The number of anilines is 2. The van der Waals surface area contributed by atoms with E-state index in [1.165, 1.54) is 13.2 Å². The Morgan fingerprint density at radius 2 is 1.83 bits per heavy atom. The predicted molar refractivity (Wildman–Crippen MR) is 118 cm³/mol. The maximum atomic E-state index is 13.1. The summed E-state index contributed by atoms with van der Waals surface area (Å²) >= 11 is 3.37. The quantitative estimate of drug-likeness (QED) is 0.602. The van der Waals surface area contributed by atoms with E-state index in [2.05, 4.69) is 26.0 Å². The summed E-state index contributed by atoms with van der Waals surface area (Å²) in [5, 5.41) is 2.86. The monoisotopic (exact) mass is 480 g/mol. The third-order valence-electron chi connectivity index (χ3n) is 5.06. The normalized spacial score (nSPS) is 15.0. The van der Waals surface area contributed by atoms with Crippen molar-refractivity contribution < 1.29 is 17.9 Å². The summed E-state index contributed by atoms with van der Waals surface area (Å²) in [4.78, 5) is 12.5. The van der Waals surface area contributed by atoms with Gasteiger partial charge in [-0.05, 0) is 71.6 Å². The Hall–Kier alpha value is -2.06. The number of benzene rings is 2. The van der Waals surface area contributed by atoms with E-state index >= 15 is 0 Å². The van der Waals surface area contributed by atoms with Crippen LogP contribution in [-0.2, 0) is 14.8 Å². The molecule has 2 aromatic carbocycles. The van der Waals surface area contributed by atoms with E-state index in [1.807, 2.05) is 13.0 Å². The number of carbonyl (C=O) groups excluding carboxylic acids is 1. The zero-order valence-corrected chi connectivity index (χ0v) is 18.9. The first-order valence-electron chi connectivity index (χ1n) is 9.58. The van der Waals surface area contributed by atoms with Gasteiger partial charge in [-0.3, -0.25) is 9.52 Å². The van der Waals surface area contributed by atoms with Crippen molar-refractivity contribution >= 4 is 43.2 Å². The molecular formula is C21H25BrN2O4S. The fourth-order valence-corrected chi connectivity index (χ4v) is 5.23. The largest absolute Gasteiger partial charge is 0.495 e. The Morgan fingerprint density at radius 1 is 1.10 bits per heavy atom. The minimum absolute atomic E-state index is 0.0210. The van der Waals surface area contributed by atoms with Crippen molar-refractivity contribution in [1.29, 1.82) is 0 Å². The van der Waals surface area contributed by atoms with Crippen LogP contribution < -0.4 is 14.8 Å². The second kappa shape index (κ2) is 9.17. The van der Waals surface area contributed by atoms with E-state index in [4.69, 9.17) is 4.74 Å². The van der Waals surface area contributed by atoms with Gasteiger partial charge in [0, 0.05) is 16.1 Å². The van der Waals surface area contributed by atoms with Gasteiger partial charge < -0.3 is 10.1 Å². The fourth-order valence-electron chi connectivity index (χ4n) is 3.49. The number of carbonyl (C=O) groups is 1. The number of hydrogen-bond acceptors (Lipinski definition) is 4. The molecule has 0 saturated heterocycles. The van der Waals surface area contributed by atoms with Gasteiger partial charge in [-0.15, -0.1) is 0 Å². The van der Waals surface area contributed by atoms with Gasteiger partial charge in [0.2, 0.25) is 5.91 Å². The lowest BCUT2D eigenvalue weighted by molar-refractivity contribution is -0.120. The summed E-state index contributed by atoms with van der Waals surface area (Å²) in [6.45, 7) is 1.88. The topological polar surface area (TPSA) is 84.5 Å². The van der Waals surface area contributed by atoms with Crippen molar-refractivity contribution in [2.75, 3.05) is 17.1 Å². The van der Waals surface area contributed by atoms with Crippen molar-refractivity contribution in [3.63, 3.8) is 0 Å². The molecule has 2 N–H and O–H groups in total. The van der Waals surface area contributed by atoms with Crippen LogP contribution in [-0.4, -0.2) is 21.4 Å². The summed E-state index contributed by atoms with van der Waals surface area (Å²) < 4.78 is 34.6. The average molecular weight is 481 g/mol. The highest BCUT2D eigenvalue weighted by atomic mass is 79.9. The van der Waals surface area contributed by atoms with E-state index in [0.717, 1.165) is 37.7 Å². The number of rotatable bonds is 6. The number of hydrogen-bond donors (Lipinski definition) is 2. The second-order valence-electron chi connectivity index (χ2n) is 7.28. The maximum absolute atomic E-state index is 13.1. The highest BCUT2D eigenvalue weighted by molar-refractivity contribution is 9.10. The lowest BCUT2D eigenvalue weighted by Crippen LogP contribution is -2.25. The molecule has 8 heteroatoms. The van der Waals surface area contributed by atoms with Crippen LogP contribution in [0.3, 0.4) is 0 Å². The van der Waals surface area contributed by atoms with Gasteiger partial charge in [-0.1, -0.05) is 25.3 Å². The standard InChI is InChI=1S/C21H25BrN2O4S/c1-14-8-10-17(22)18(12-14)24-29(26,27)20-13-16(9-11-19(20)28-2)23-21(25)15-6-4-3-5-7-15/h8-13,15,24H,3-7H2,1-2H3,(H,23,25). The molecule has 0 aromatic heterocycles. The van der Waals surface area contributed by atoms with Crippen LogP contribution in [0.1, 0.15) is 37.7 Å². The molecule has 1 aliphatic carbocycles. The number of sulfonamides is 1. The van der Waals surface area contributed by atoms with Gasteiger partial charge in [-0.2, -0.15) is 0 Å². The highest BCUT2D eigenvalue weighted by Crippen LogP contribution is 2.32. The number of methoxy groups -OCH3 is 1. The summed E-state index contributed by atoms with van der Waals surface area (Å²) in [7, 11) is -2.52. The molecule has 1 amide bonds. The Labute approximate surface area is 180 Å². The molecule has 2 aromatic rings. The molecule has 1 aliphatic rings. The summed E-state index contributed by atoms with van der Waals surface area (Å²) in [5.41, 5.74) is 1.79. The fraction of sp³-hybridized carbons (Fsp3) is 0.381. The Morgan fingerprint density at radius 3 is 2.52 bits per heavy atom. The van der Waals surface area contributed by atoms with Crippen LogP contribution in [0.25, 0.3) is 0 Å². The first kappa shape index (κ1) is 21.6. The SMILES string of the molecule is COc1ccc(NC(=O)C2CCCCC2)cc1S(=O)(=O)Nc1cc(C)ccc1Br. The predicted octanol–water partition coefficient (Wildman–Crippen LogP) is 5.09. The van der Waals surface area contributed by atoms with Crippen molar-refractivity contribution in [1.82, 2.24) is 0 Å². The van der Waals surface area contributed by atoms with E-state index in [0.29, 0.717) is 15.8 Å². The van der Waals surface area contributed by atoms with Crippen LogP contribution in [0, 0.1) is 12.8 Å². The smallest absolute Gasteiger partial charge is 0.265 e. The van der Waals surface area contributed by atoms with Gasteiger partial charge in [0.1, 0.15) is 10.6 Å². The number of ether oxygens (including phenoxy) is 1. The molecule has 1 fully saturated rings. The summed E-state index contributed by atoms with van der Waals surface area (Å²) in [6, 6.07) is 10.0. The van der Waals surface area contributed by atoms with Crippen LogP contribution in [0.5, 0.6) is 5.75 Å². The van der Waals surface area contributed by atoms with Crippen LogP contribution in [0.2, 0.25) is 0 Å². The molecule has 0 atom stereocenters. The minimum Gasteiger partial charge on any atom is -0.495 e. The third kappa shape index (κ3) is 5.30.